The van der Waals surface area contributed by atoms with E-state index in [1.54, 1.807) is 6.20 Å². The van der Waals surface area contributed by atoms with Crippen molar-refractivity contribution >= 4 is 10.9 Å². The van der Waals surface area contributed by atoms with Gasteiger partial charge in [0.2, 0.25) is 0 Å². The van der Waals surface area contributed by atoms with Gasteiger partial charge in [-0.05, 0) is 45.4 Å². The molecule has 3 nitrogen and oxygen atoms in total. The Balaban J connectivity index is 2.14. The Morgan fingerprint density at radius 2 is 1.90 bits per heavy atom. The summed E-state index contributed by atoms with van der Waals surface area (Å²) in [5.74, 6) is 0. The van der Waals surface area contributed by atoms with Crippen LogP contribution in [-0.4, -0.2) is 21.3 Å². The van der Waals surface area contributed by atoms with Gasteiger partial charge in [-0.2, -0.15) is 0 Å². The highest BCUT2D eigenvalue weighted by Gasteiger charge is 2.57. The number of benzene rings is 1. The Morgan fingerprint density at radius 3 is 2.55 bits per heavy atom. The van der Waals surface area contributed by atoms with Gasteiger partial charge >= 0.3 is 0 Å². The molecule has 0 amide bonds. The Bertz CT molecular complexity index is 663. The zero-order valence-corrected chi connectivity index (χ0v) is 12.5. The lowest BCUT2D eigenvalue weighted by Crippen LogP contribution is -2.43. The van der Waals surface area contributed by atoms with Crippen molar-refractivity contribution in [3.8, 4) is 0 Å². The summed E-state index contributed by atoms with van der Waals surface area (Å²) in [6, 6.07) is 9.91. The number of nitrogens with zero attached hydrogens (tertiary/aromatic N) is 1. The molecule has 3 rings (SSSR count). The van der Waals surface area contributed by atoms with Crippen LogP contribution in [0, 0.1) is 0 Å². The van der Waals surface area contributed by atoms with Crippen LogP contribution in [0.25, 0.3) is 10.9 Å². The van der Waals surface area contributed by atoms with Gasteiger partial charge in [-0.3, -0.25) is 4.98 Å². The fraction of sp³-hybridized carbons (Fsp3) is 0.471. The third kappa shape index (κ3) is 1.93. The molecule has 0 saturated carbocycles. The first-order valence-electron chi connectivity index (χ1n) is 7.01. The predicted molar refractivity (Wildman–Crippen MR) is 79.5 cm³/mol. The van der Waals surface area contributed by atoms with Crippen LogP contribution in [0.4, 0.5) is 0 Å². The fourth-order valence-corrected chi connectivity index (χ4v) is 3.41. The van der Waals surface area contributed by atoms with Gasteiger partial charge in [0.25, 0.3) is 0 Å². The number of aromatic nitrogens is 1. The molecule has 106 valence electrons. The van der Waals surface area contributed by atoms with Gasteiger partial charge in [-0.15, -0.1) is 0 Å². The number of fused-ring (bicyclic) bond motifs is 1. The number of aliphatic hydroxyl groups is 1. The van der Waals surface area contributed by atoms with Gasteiger partial charge in [0.15, 0.2) is 0 Å². The summed E-state index contributed by atoms with van der Waals surface area (Å²) in [4.78, 5) is 4.38. The fourth-order valence-electron chi connectivity index (χ4n) is 3.41. The van der Waals surface area contributed by atoms with Crippen molar-refractivity contribution < 1.29 is 9.84 Å². The first-order chi connectivity index (χ1) is 9.24. The van der Waals surface area contributed by atoms with Crippen LogP contribution >= 0.6 is 0 Å². The molecule has 0 spiro atoms. The van der Waals surface area contributed by atoms with Crippen molar-refractivity contribution in [1.82, 2.24) is 4.98 Å². The summed E-state index contributed by atoms with van der Waals surface area (Å²) in [5.41, 5.74) is -0.184. The molecule has 1 unspecified atom stereocenters. The largest absolute Gasteiger partial charge is 0.382 e. The molecule has 2 aromatic rings. The summed E-state index contributed by atoms with van der Waals surface area (Å²) in [5, 5.41) is 12.3. The van der Waals surface area contributed by atoms with Crippen LogP contribution in [0.3, 0.4) is 0 Å². The highest BCUT2D eigenvalue weighted by atomic mass is 16.5. The summed E-state index contributed by atoms with van der Waals surface area (Å²) < 4.78 is 6.05. The average Bonchev–Trinajstić information content (AvgIpc) is 2.53. The third-order valence-corrected chi connectivity index (χ3v) is 4.29. The molecule has 1 aromatic carbocycles. The van der Waals surface area contributed by atoms with Gasteiger partial charge in [-0.25, -0.2) is 0 Å². The quantitative estimate of drug-likeness (QED) is 0.864. The van der Waals surface area contributed by atoms with Crippen LogP contribution in [-0.2, 0) is 10.3 Å². The smallest absolute Gasteiger partial charge is 0.121 e. The van der Waals surface area contributed by atoms with Crippen LogP contribution in [0.1, 0.15) is 39.7 Å². The van der Waals surface area contributed by atoms with E-state index in [2.05, 4.69) is 4.98 Å². The van der Waals surface area contributed by atoms with E-state index >= 15 is 0 Å². The van der Waals surface area contributed by atoms with Gasteiger partial charge in [-0.1, -0.05) is 18.2 Å². The highest BCUT2D eigenvalue weighted by Crippen LogP contribution is 2.51. The molecule has 1 atom stereocenters. The molecule has 0 bridgehead atoms. The van der Waals surface area contributed by atoms with Gasteiger partial charge in [0.1, 0.15) is 5.60 Å². The van der Waals surface area contributed by atoms with Crippen molar-refractivity contribution in [3.05, 3.63) is 42.1 Å². The molecule has 1 N–H and O–H groups in total. The van der Waals surface area contributed by atoms with E-state index < -0.39 is 11.2 Å². The van der Waals surface area contributed by atoms with E-state index in [1.165, 1.54) is 0 Å². The van der Waals surface area contributed by atoms with Gasteiger partial charge in [0.05, 0.1) is 16.7 Å². The summed E-state index contributed by atoms with van der Waals surface area (Å²) in [6.07, 6.45) is 2.35. The molecule has 1 aromatic heterocycles. The molecule has 0 aliphatic carbocycles. The molecule has 2 heterocycles. The molecular weight excluding hydrogens is 250 g/mol. The maximum atomic E-state index is 11.2. The van der Waals surface area contributed by atoms with Crippen LogP contribution in [0.15, 0.2) is 36.5 Å². The summed E-state index contributed by atoms with van der Waals surface area (Å²) in [7, 11) is 0. The number of hydrogen-bond acceptors (Lipinski definition) is 3. The van der Waals surface area contributed by atoms with Crippen molar-refractivity contribution in [2.24, 2.45) is 0 Å². The Labute approximate surface area is 119 Å². The predicted octanol–water partition coefficient (Wildman–Crippen LogP) is 3.40. The van der Waals surface area contributed by atoms with E-state index in [1.807, 2.05) is 58.0 Å². The lowest BCUT2D eigenvalue weighted by Gasteiger charge is -2.35. The minimum Gasteiger partial charge on any atom is -0.382 e. The van der Waals surface area contributed by atoms with E-state index in [-0.39, 0.29) is 5.60 Å². The van der Waals surface area contributed by atoms with Crippen molar-refractivity contribution in [3.63, 3.8) is 0 Å². The lowest BCUT2D eigenvalue weighted by molar-refractivity contribution is -0.129. The van der Waals surface area contributed by atoms with Crippen LogP contribution in [0.2, 0.25) is 0 Å². The summed E-state index contributed by atoms with van der Waals surface area (Å²) in [6.45, 7) is 7.94. The molecule has 1 saturated heterocycles. The lowest BCUT2D eigenvalue weighted by atomic mass is 9.77. The third-order valence-electron chi connectivity index (χ3n) is 4.29. The van der Waals surface area contributed by atoms with E-state index in [9.17, 15) is 5.11 Å². The number of hydrogen-bond donors (Lipinski definition) is 1. The topological polar surface area (TPSA) is 42.4 Å². The zero-order valence-electron chi connectivity index (χ0n) is 12.5. The van der Waals surface area contributed by atoms with Crippen LogP contribution in [0.5, 0.6) is 0 Å². The average molecular weight is 271 g/mol. The van der Waals surface area contributed by atoms with Crippen molar-refractivity contribution in [2.45, 2.75) is 50.9 Å². The molecule has 1 aliphatic rings. The molecule has 0 radical (unpaired) electrons. The molecule has 1 fully saturated rings. The molecular formula is C17H21NO2. The summed E-state index contributed by atoms with van der Waals surface area (Å²) >= 11 is 0. The Kier molecular flexibility index (Phi) is 2.72. The first-order valence-corrected chi connectivity index (χ1v) is 7.01. The Hall–Kier alpha value is -1.45. The second-order valence-electron chi connectivity index (χ2n) is 6.82. The van der Waals surface area contributed by atoms with Crippen molar-refractivity contribution in [1.29, 1.82) is 0 Å². The minimum absolute atomic E-state index is 0.336. The van der Waals surface area contributed by atoms with E-state index in [0.717, 1.165) is 16.5 Å². The number of ether oxygens (including phenoxy) is 1. The second kappa shape index (κ2) is 4.03. The first kappa shape index (κ1) is 13.5. The molecule has 20 heavy (non-hydrogen) atoms. The molecule has 1 aliphatic heterocycles. The number of pyridine rings is 1. The standard InChI is InChI=1S/C17H21NO2/c1-15(2)11-17(19,16(3,4)20-15)13-8-7-12-6-5-9-18-14(12)10-13/h5-10,19H,11H2,1-4H3. The van der Waals surface area contributed by atoms with E-state index in [0.29, 0.717) is 6.42 Å². The highest BCUT2D eigenvalue weighted by molar-refractivity contribution is 5.79. The SMILES string of the molecule is CC1(C)CC(O)(c2ccc3cccnc3c2)C(C)(C)O1. The molecule has 3 heteroatoms. The zero-order chi connectivity index (χ0) is 14.6. The Morgan fingerprint density at radius 1 is 1.15 bits per heavy atom. The number of rotatable bonds is 1. The van der Waals surface area contributed by atoms with Gasteiger partial charge < -0.3 is 9.84 Å². The monoisotopic (exact) mass is 271 g/mol. The van der Waals surface area contributed by atoms with Crippen LogP contribution < -0.4 is 0 Å². The second-order valence-corrected chi connectivity index (χ2v) is 6.82. The maximum absolute atomic E-state index is 11.2. The van der Waals surface area contributed by atoms with Gasteiger partial charge in [0, 0.05) is 18.0 Å². The van der Waals surface area contributed by atoms with E-state index in [4.69, 9.17) is 4.74 Å². The minimum atomic E-state index is -0.998. The van der Waals surface area contributed by atoms with Crippen molar-refractivity contribution in [2.75, 3.05) is 0 Å². The normalized spacial score (nSPS) is 27.9. The maximum Gasteiger partial charge on any atom is 0.121 e.